The Bertz CT molecular complexity index is 1120. The summed E-state index contributed by atoms with van der Waals surface area (Å²) >= 11 is 1.49. The van der Waals surface area contributed by atoms with Crippen molar-refractivity contribution in [2.45, 2.75) is 63.8 Å². The van der Waals surface area contributed by atoms with E-state index in [4.69, 9.17) is 4.98 Å². The highest BCUT2D eigenvalue weighted by atomic mass is 32.1. The Labute approximate surface area is 194 Å². The van der Waals surface area contributed by atoms with E-state index in [0.717, 1.165) is 10.2 Å². The van der Waals surface area contributed by atoms with Crippen LogP contribution >= 0.6 is 11.3 Å². The molecule has 1 aromatic carbocycles. The minimum Gasteiger partial charge on any atom is -0.390 e. The van der Waals surface area contributed by atoms with Crippen molar-refractivity contribution in [3.8, 4) is 10.6 Å². The molecule has 2 heterocycles. The van der Waals surface area contributed by atoms with Crippen LogP contribution in [0.2, 0.25) is 0 Å². The Kier molecular flexibility index (Phi) is 5.92. The molecule has 0 saturated heterocycles. The number of aliphatic hydroxyl groups excluding tert-OH is 2. The van der Waals surface area contributed by atoms with Crippen LogP contribution in [0.25, 0.3) is 20.8 Å². The predicted octanol–water partition coefficient (Wildman–Crippen LogP) is 4.06. The Morgan fingerprint density at radius 2 is 1.85 bits per heavy atom. The fourth-order valence-electron chi connectivity index (χ4n) is 4.53. The van der Waals surface area contributed by atoms with E-state index in [1.807, 2.05) is 31.2 Å². The summed E-state index contributed by atoms with van der Waals surface area (Å²) in [4.78, 5) is 14.1. The highest BCUT2D eigenvalue weighted by Crippen LogP contribution is 2.39. The maximum absolute atomic E-state index is 13.3. The van der Waals surface area contributed by atoms with Crippen LogP contribution in [0.5, 0.6) is 0 Å². The van der Waals surface area contributed by atoms with Crippen molar-refractivity contribution in [2.75, 3.05) is 10.6 Å². The molecule has 33 heavy (non-hydrogen) atoms. The maximum Gasteiger partial charge on any atom is 0.244 e. The van der Waals surface area contributed by atoms with Crippen molar-refractivity contribution in [1.82, 2.24) is 15.0 Å². The van der Waals surface area contributed by atoms with Gasteiger partial charge in [0, 0.05) is 6.04 Å². The lowest BCUT2D eigenvalue weighted by Crippen LogP contribution is -2.36. The van der Waals surface area contributed by atoms with Crippen molar-refractivity contribution in [2.24, 2.45) is 11.8 Å². The maximum atomic E-state index is 13.3. The topological polar surface area (TPSA) is 103 Å². The van der Waals surface area contributed by atoms with Crippen molar-refractivity contribution in [1.29, 1.82) is 0 Å². The second-order valence-corrected chi connectivity index (χ2v) is 10.1. The quantitative estimate of drug-likeness (QED) is 0.409. The molecule has 4 N–H and O–H groups in total. The second-order valence-electron chi connectivity index (χ2n) is 9.08. The number of hydrogen-bond acceptors (Lipinski definition) is 8. The van der Waals surface area contributed by atoms with Crippen LogP contribution in [0.4, 0.5) is 20.5 Å². The summed E-state index contributed by atoms with van der Waals surface area (Å²) < 4.78 is 27.7. The van der Waals surface area contributed by atoms with Crippen LogP contribution in [0.15, 0.2) is 24.3 Å². The van der Waals surface area contributed by atoms with E-state index in [2.05, 4.69) is 27.5 Å². The van der Waals surface area contributed by atoms with Crippen molar-refractivity contribution < 1.29 is 19.0 Å². The number of hydrogen-bond donors (Lipinski definition) is 4. The average Bonchev–Trinajstić information content (AvgIpc) is 3.48. The van der Waals surface area contributed by atoms with Gasteiger partial charge in [0.25, 0.3) is 0 Å². The van der Waals surface area contributed by atoms with Gasteiger partial charge in [0.05, 0.1) is 39.5 Å². The van der Waals surface area contributed by atoms with E-state index in [9.17, 15) is 19.0 Å². The first-order valence-electron chi connectivity index (χ1n) is 11.2. The third kappa shape index (κ3) is 4.39. The van der Waals surface area contributed by atoms with Gasteiger partial charge in [-0.25, -0.2) is 18.7 Å². The molecule has 2 aliphatic rings. The molecule has 2 aromatic heterocycles. The zero-order valence-electron chi connectivity index (χ0n) is 18.4. The van der Waals surface area contributed by atoms with Gasteiger partial charge in [-0.1, -0.05) is 12.1 Å². The number of aryl methyl sites for hydroxylation is 1. The fraction of sp³-hybridized carbons (Fsp3) is 0.522. The molecule has 0 bridgehead atoms. The molecule has 0 radical (unpaired) electrons. The molecule has 5 atom stereocenters. The summed E-state index contributed by atoms with van der Waals surface area (Å²) in [6, 6.07) is 7.22. The van der Waals surface area contributed by atoms with Gasteiger partial charge in [-0.15, -0.1) is 11.3 Å². The van der Waals surface area contributed by atoms with Gasteiger partial charge < -0.3 is 20.8 Å². The molecule has 2 fully saturated rings. The van der Waals surface area contributed by atoms with Crippen molar-refractivity contribution in [3.05, 3.63) is 30.0 Å². The number of aromatic nitrogens is 3. The van der Waals surface area contributed by atoms with Gasteiger partial charge in [0.15, 0.2) is 0 Å². The first kappa shape index (κ1) is 22.4. The third-order valence-corrected chi connectivity index (χ3v) is 7.71. The number of para-hydroxylation sites is 1. The summed E-state index contributed by atoms with van der Waals surface area (Å²) in [6.45, 7) is 3.96. The molecule has 0 aliphatic heterocycles. The van der Waals surface area contributed by atoms with E-state index < -0.39 is 30.6 Å². The molecule has 2 aliphatic carbocycles. The van der Waals surface area contributed by atoms with Crippen LogP contribution in [0.1, 0.15) is 31.9 Å². The largest absolute Gasteiger partial charge is 0.390 e. The minimum atomic E-state index is -2.71. The molecule has 0 spiro atoms. The smallest absolute Gasteiger partial charge is 0.244 e. The van der Waals surface area contributed by atoms with Crippen LogP contribution in [0, 0.1) is 18.8 Å². The number of anilines is 2. The van der Waals surface area contributed by atoms with Crippen LogP contribution in [-0.2, 0) is 0 Å². The summed E-state index contributed by atoms with van der Waals surface area (Å²) in [7, 11) is 0. The van der Waals surface area contributed by atoms with E-state index in [-0.39, 0.29) is 12.5 Å². The normalized spacial score (nSPS) is 26.2. The van der Waals surface area contributed by atoms with Crippen molar-refractivity contribution >= 4 is 33.3 Å². The van der Waals surface area contributed by atoms with Gasteiger partial charge in [-0.05, 0) is 51.2 Å². The Morgan fingerprint density at radius 1 is 1.09 bits per heavy atom. The van der Waals surface area contributed by atoms with E-state index in [1.165, 1.54) is 24.2 Å². The molecular weight excluding hydrogens is 448 g/mol. The Morgan fingerprint density at radius 3 is 2.52 bits per heavy atom. The molecule has 176 valence electrons. The average molecular weight is 476 g/mol. The lowest BCUT2D eigenvalue weighted by Gasteiger charge is -2.22. The van der Waals surface area contributed by atoms with E-state index in [0.29, 0.717) is 33.9 Å². The second kappa shape index (κ2) is 8.73. The number of thiazole rings is 1. The lowest BCUT2D eigenvalue weighted by molar-refractivity contribution is -0.0333. The van der Waals surface area contributed by atoms with Crippen LogP contribution < -0.4 is 10.6 Å². The third-order valence-electron chi connectivity index (χ3n) is 6.66. The highest BCUT2D eigenvalue weighted by Gasteiger charge is 2.46. The molecule has 10 heteroatoms. The molecular formula is C23H27F2N5O2S. The SMILES string of the molecule is Cc1nc(N[C@H](C)C2CC2)nc(N[C@@H]2C[C@H](C(F)F)[C@@H](O)[C@H]2O)c1-c1nc2ccccc2s1. The number of benzene rings is 1. The molecule has 0 amide bonds. The molecule has 5 rings (SSSR count). The molecule has 0 unspecified atom stereocenters. The van der Waals surface area contributed by atoms with Crippen LogP contribution in [0.3, 0.4) is 0 Å². The standard InChI is InChI=1S/C23H27F2N5O2S/c1-10(12-7-8-12)26-23-27-11(2)17(22-29-14-5-3-4-6-16(14)33-22)21(30-23)28-15-9-13(20(24)25)18(31)19(15)32/h3-6,10,12-13,15,18-20,31-32H,7-9H2,1-2H3,(H2,26,27,28,30)/t10-,13+,15-,18-,19+/m1/s1. The fourth-order valence-corrected chi connectivity index (χ4v) is 5.59. The summed E-state index contributed by atoms with van der Waals surface area (Å²) in [6.07, 6.45) is -3.27. The molecule has 2 saturated carbocycles. The first-order chi connectivity index (χ1) is 15.8. The number of rotatable bonds is 7. The van der Waals surface area contributed by atoms with Crippen LogP contribution in [-0.4, -0.2) is 55.9 Å². The van der Waals surface area contributed by atoms with Crippen molar-refractivity contribution in [3.63, 3.8) is 0 Å². The van der Waals surface area contributed by atoms with Gasteiger partial charge in [-0.3, -0.25) is 0 Å². The molecule has 3 aromatic rings. The highest BCUT2D eigenvalue weighted by molar-refractivity contribution is 7.21. The van der Waals surface area contributed by atoms with Gasteiger partial charge in [0.1, 0.15) is 16.9 Å². The first-order valence-corrected chi connectivity index (χ1v) is 12.1. The van der Waals surface area contributed by atoms with Gasteiger partial charge in [-0.2, -0.15) is 4.98 Å². The number of nitrogens with zero attached hydrogens (tertiary/aromatic N) is 3. The minimum absolute atomic E-state index is 0.0659. The number of halogens is 2. The van der Waals surface area contributed by atoms with Gasteiger partial charge in [0.2, 0.25) is 12.4 Å². The number of nitrogens with one attached hydrogen (secondary N) is 2. The Balaban J connectivity index is 1.53. The number of alkyl halides is 2. The monoisotopic (exact) mass is 475 g/mol. The molecule has 7 nitrogen and oxygen atoms in total. The summed E-state index contributed by atoms with van der Waals surface area (Å²) in [5.41, 5.74) is 2.21. The Hall–Kier alpha value is -2.43. The van der Waals surface area contributed by atoms with Gasteiger partial charge >= 0.3 is 0 Å². The summed E-state index contributed by atoms with van der Waals surface area (Å²) in [5.74, 6) is 0.155. The predicted molar refractivity (Wildman–Crippen MR) is 125 cm³/mol. The zero-order valence-corrected chi connectivity index (χ0v) is 19.2. The zero-order chi connectivity index (χ0) is 23.3. The summed E-state index contributed by atoms with van der Waals surface area (Å²) in [5, 5.41) is 27.8. The number of fused-ring (bicyclic) bond motifs is 1. The lowest BCUT2D eigenvalue weighted by atomic mass is 10.1. The van der Waals surface area contributed by atoms with E-state index in [1.54, 1.807) is 0 Å². The van der Waals surface area contributed by atoms with E-state index >= 15 is 0 Å². The number of aliphatic hydroxyl groups is 2.